The molecule has 4 rings (SSSR count). The average Bonchev–Trinajstić information content (AvgIpc) is 2.74. The number of methoxy groups -OCH3 is 3. The monoisotopic (exact) mass is 390 g/mol. The first-order valence-corrected chi connectivity index (χ1v) is 9.93. The molecule has 1 aromatic heterocycles. The topological polar surface area (TPSA) is 53.5 Å². The molecule has 0 unspecified atom stereocenters. The molecule has 0 N–H and O–H groups in total. The van der Waals surface area contributed by atoms with E-state index in [0.717, 1.165) is 52.1 Å². The van der Waals surface area contributed by atoms with Crippen molar-refractivity contribution >= 4 is 32.8 Å². The zero-order valence-corrected chi connectivity index (χ0v) is 17.6. The first kappa shape index (κ1) is 19.2. The summed E-state index contributed by atoms with van der Waals surface area (Å²) in [7, 11) is 4.93. The second-order valence-electron chi connectivity index (χ2n) is 7.29. The Labute approximate surface area is 170 Å². The summed E-state index contributed by atoms with van der Waals surface area (Å²) in [5, 5.41) is 1.99. The summed E-state index contributed by atoms with van der Waals surface area (Å²) in [6.45, 7) is 4.26. The van der Waals surface area contributed by atoms with Gasteiger partial charge < -0.3 is 14.2 Å². The van der Waals surface area contributed by atoms with Crippen molar-refractivity contribution in [3.05, 3.63) is 41.5 Å². The van der Waals surface area contributed by atoms with Crippen molar-refractivity contribution < 1.29 is 14.2 Å². The zero-order chi connectivity index (χ0) is 20.5. The van der Waals surface area contributed by atoms with E-state index < -0.39 is 0 Å². The van der Waals surface area contributed by atoms with Gasteiger partial charge in [0.15, 0.2) is 11.5 Å². The van der Waals surface area contributed by atoms with Crippen LogP contribution in [-0.2, 0) is 6.42 Å². The van der Waals surface area contributed by atoms with Gasteiger partial charge in [-0.1, -0.05) is 19.4 Å². The Morgan fingerprint density at radius 3 is 2.31 bits per heavy atom. The lowest BCUT2D eigenvalue weighted by atomic mass is 9.96. The number of hydrogen-bond donors (Lipinski definition) is 0. The van der Waals surface area contributed by atoms with Gasteiger partial charge in [0.25, 0.3) is 0 Å². The maximum Gasteiger partial charge on any atom is 0.203 e. The second-order valence-corrected chi connectivity index (χ2v) is 7.29. The lowest BCUT2D eigenvalue weighted by molar-refractivity contribution is 0.327. The largest absolute Gasteiger partial charge is 0.493 e. The van der Waals surface area contributed by atoms with E-state index in [1.54, 1.807) is 21.3 Å². The quantitative estimate of drug-likeness (QED) is 0.316. The molecule has 0 bridgehead atoms. The Morgan fingerprint density at radius 1 is 0.828 bits per heavy atom. The number of fused-ring (bicyclic) bond motifs is 4. The standard InChI is InChI=1S/C24H26N2O3/c1-6-7-8-15-12-19-22(26-17-10-9-14(2)11-18(17)25-19)16-13-20(27-3)23(28-4)24(29-5)21(15)16/h9-13H,6-8H2,1-5H3. The highest BCUT2D eigenvalue weighted by atomic mass is 16.5. The number of hydrogen-bond acceptors (Lipinski definition) is 5. The van der Waals surface area contributed by atoms with Crippen molar-refractivity contribution in [3.8, 4) is 17.2 Å². The molecule has 0 atom stereocenters. The van der Waals surface area contributed by atoms with Crippen LogP contribution >= 0.6 is 0 Å². The number of aromatic nitrogens is 2. The molecule has 5 nitrogen and oxygen atoms in total. The van der Waals surface area contributed by atoms with Crippen molar-refractivity contribution in [2.75, 3.05) is 21.3 Å². The van der Waals surface area contributed by atoms with Gasteiger partial charge in [0.1, 0.15) is 0 Å². The molecule has 0 saturated carbocycles. The van der Waals surface area contributed by atoms with E-state index >= 15 is 0 Å². The summed E-state index contributed by atoms with van der Waals surface area (Å²) in [5.41, 5.74) is 5.87. The van der Waals surface area contributed by atoms with E-state index in [-0.39, 0.29) is 0 Å². The maximum atomic E-state index is 5.81. The molecule has 0 fully saturated rings. The third kappa shape index (κ3) is 3.20. The number of unbranched alkanes of at least 4 members (excludes halogenated alkanes) is 1. The molecule has 0 amide bonds. The number of benzene rings is 3. The summed E-state index contributed by atoms with van der Waals surface area (Å²) in [6.07, 6.45) is 3.12. The van der Waals surface area contributed by atoms with Crippen molar-refractivity contribution in [3.63, 3.8) is 0 Å². The fourth-order valence-corrected chi connectivity index (χ4v) is 3.94. The Bertz CT molecular complexity index is 1220. The Balaban J connectivity index is 2.18. The van der Waals surface area contributed by atoms with Crippen LogP contribution < -0.4 is 14.2 Å². The van der Waals surface area contributed by atoms with E-state index in [4.69, 9.17) is 24.2 Å². The third-order valence-electron chi connectivity index (χ3n) is 5.36. The molecular formula is C24H26N2O3. The fourth-order valence-electron chi connectivity index (χ4n) is 3.94. The Morgan fingerprint density at radius 2 is 1.62 bits per heavy atom. The number of ether oxygens (including phenoxy) is 3. The summed E-state index contributed by atoms with van der Waals surface area (Å²) in [6, 6.07) is 10.3. The highest BCUT2D eigenvalue weighted by Gasteiger charge is 2.21. The number of rotatable bonds is 6. The van der Waals surface area contributed by atoms with Crippen LogP contribution in [0.5, 0.6) is 17.2 Å². The third-order valence-corrected chi connectivity index (χ3v) is 5.36. The number of nitrogens with zero attached hydrogens (tertiary/aromatic N) is 2. The lowest BCUT2D eigenvalue weighted by Gasteiger charge is -2.18. The minimum absolute atomic E-state index is 0.601. The van der Waals surface area contributed by atoms with Crippen LogP contribution in [0.2, 0.25) is 0 Å². The van der Waals surface area contributed by atoms with Gasteiger partial charge in [0.2, 0.25) is 5.75 Å². The molecule has 1 heterocycles. The van der Waals surface area contributed by atoms with Gasteiger partial charge in [0.05, 0.1) is 43.4 Å². The molecule has 0 radical (unpaired) electrons. The van der Waals surface area contributed by atoms with E-state index in [1.807, 2.05) is 12.1 Å². The Hall–Kier alpha value is -3.08. The van der Waals surface area contributed by atoms with Crippen LogP contribution in [0, 0.1) is 6.92 Å². The predicted octanol–water partition coefficient (Wildman–Crippen LogP) is 5.61. The second kappa shape index (κ2) is 7.74. The predicted molar refractivity (Wildman–Crippen MR) is 118 cm³/mol. The summed E-state index contributed by atoms with van der Waals surface area (Å²) in [4.78, 5) is 9.90. The number of aryl methyl sites for hydroxylation is 2. The first-order chi connectivity index (χ1) is 14.1. The van der Waals surface area contributed by atoms with Crippen molar-refractivity contribution in [1.29, 1.82) is 0 Å². The van der Waals surface area contributed by atoms with Gasteiger partial charge in [-0.25, -0.2) is 9.97 Å². The van der Waals surface area contributed by atoms with E-state index in [9.17, 15) is 0 Å². The van der Waals surface area contributed by atoms with Crippen molar-refractivity contribution in [2.24, 2.45) is 0 Å². The highest BCUT2D eigenvalue weighted by Crippen LogP contribution is 2.46. The van der Waals surface area contributed by atoms with E-state index in [0.29, 0.717) is 17.2 Å². The Kier molecular flexibility index (Phi) is 5.14. The van der Waals surface area contributed by atoms with E-state index in [2.05, 4.69) is 32.0 Å². The average molecular weight is 390 g/mol. The molecular weight excluding hydrogens is 364 g/mol. The van der Waals surface area contributed by atoms with Gasteiger partial charge in [0, 0.05) is 10.8 Å². The SMILES string of the molecule is CCCCc1cc2nc3cc(C)ccc3nc2c2cc(OC)c(OC)c(OC)c12. The minimum Gasteiger partial charge on any atom is -0.493 e. The smallest absolute Gasteiger partial charge is 0.203 e. The van der Waals surface area contributed by atoms with Crippen LogP contribution in [0.15, 0.2) is 30.3 Å². The molecule has 0 aliphatic carbocycles. The molecule has 5 heteroatoms. The minimum atomic E-state index is 0.601. The van der Waals surface area contributed by atoms with Gasteiger partial charge in [-0.15, -0.1) is 0 Å². The highest BCUT2D eigenvalue weighted by molar-refractivity contribution is 6.11. The van der Waals surface area contributed by atoms with E-state index in [1.165, 1.54) is 11.1 Å². The molecule has 3 aromatic carbocycles. The molecule has 4 aromatic rings. The lowest BCUT2D eigenvalue weighted by Crippen LogP contribution is -2.00. The van der Waals surface area contributed by atoms with Crippen LogP contribution in [0.1, 0.15) is 30.9 Å². The summed E-state index contributed by atoms with van der Waals surface area (Å²) in [5.74, 6) is 1.90. The van der Waals surface area contributed by atoms with Crippen molar-refractivity contribution in [1.82, 2.24) is 9.97 Å². The molecule has 29 heavy (non-hydrogen) atoms. The van der Waals surface area contributed by atoms with Gasteiger partial charge in [-0.3, -0.25) is 0 Å². The van der Waals surface area contributed by atoms with Crippen LogP contribution in [0.25, 0.3) is 32.8 Å². The maximum absolute atomic E-state index is 5.81. The van der Waals surface area contributed by atoms with Gasteiger partial charge in [-0.05, 0) is 55.2 Å². The summed E-state index contributed by atoms with van der Waals surface area (Å²) < 4.78 is 17.1. The van der Waals surface area contributed by atoms with Gasteiger partial charge in [-0.2, -0.15) is 0 Å². The molecule has 0 saturated heterocycles. The molecule has 0 aliphatic rings. The molecule has 0 spiro atoms. The van der Waals surface area contributed by atoms with Crippen molar-refractivity contribution in [2.45, 2.75) is 33.1 Å². The van der Waals surface area contributed by atoms with Crippen LogP contribution in [0.4, 0.5) is 0 Å². The normalized spacial score (nSPS) is 11.3. The molecule has 0 aliphatic heterocycles. The van der Waals surface area contributed by atoms with Crippen LogP contribution in [0.3, 0.4) is 0 Å². The van der Waals surface area contributed by atoms with Crippen LogP contribution in [-0.4, -0.2) is 31.3 Å². The van der Waals surface area contributed by atoms with Gasteiger partial charge >= 0.3 is 0 Å². The zero-order valence-electron chi connectivity index (χ0n) is 17.6. The fraction of sp³-hybridized carbons (Fsp3) is 0.333. The summed E-state index contributed by atoms with van der Waals surface area (Å²) >= 11 is 0. The molecule has 150 valence electrons. The first-order valence-electron chi connectivity index (χ1n) is 9.93.